The van der Waals surface area contributed by atoms with Crippen molar-refractivity contribution in [2.45, 2.75) is 18.2 Å². The van der Waals surface area contributed by atoms with Crippen molar-refractivity contribution in [2.75, 3.05) is 6.61 Å². The van der Waals surface area contributed by atoms with Gasteiger partial charge in [0.2, 0.25) is 0 Å². The minimum Gasteiger partial charge on any atom is -0.265 e. The molecule has 1 unspecified atom stereocenters. The molecule has 0 N–H and O–H groups in total. The van der Waals surface area contributed by atoms with Crippen molar-refractivity contribution in [3.63, 3.8) is 0 Å². The van der Waals surface area contributed by atoms with Crippen molar-refractivity contribution in [1.29, 1.82) is 0 Å². The molecule has 4 heteroatoms. The van der Waals surface area contributed by atoms with Crippen molar-refractivity contribution in [3.8, 4) is 0 Å². The van der Waals surface area contributed by atoms with E-state index in [0.717, 1.165) is 23.1 Å². The minimum atomic E-state index is -3.73. The number of hydrogen-bond donors (Lipinski definition) is 0. The predicted octanol–water partition coefficient (Wildman–Crippen LogP) is 3.39. The quantitative estimate of drug-likeness (QED) is 0.630. The molecule has 0 saturated heterocycles. The highest BCUT2D eigenvalue weighted by Crippen LogP contribution is 2.28. The topological polar surface area (TPSA) is 43.4 Å². The standard InChI is InChI=1S/C16H18O3S/c1-12-7-9-15(10-8-12)20(17,18)19-11-16-13(2)5-4-6-14(16)3/h4-5,7-10,16H,2-3,6,11H2,1H3. The zero-order valence-corrected chi connectivity index (χ0v) is 12.3. The lowest BCUT2D eigenvalue weighted by Crippen LogP contribution is -2.18. The predicted molar refractivity (Wildman–Crippen MR) is 79.8 cm³/mol. The Balaban J connectivity index is 2.10. The van der Waals surface area contributed by atoms with E-state index in [0.29, 0.717) is 0 Å². The maximum Gasteiger partial charge on any atom is 0.297 e. The van der Waals surface area contributed by atoms with Crippen LogP contribution in [0.15, 0.2) is 65.6 Å². The maximum absolute atomic E-state index is 12.1. The molecule has 1 aromatic carbocycles. The van der Waals surface area contributed by atoms with Gasteiger partial charge in [-0.2, -0.15) is 8.42 Å². The molecule has 0 heterocycles. The Bertz CT molecular complexity index is 651. The summed E-state index contributed by atoms with van der Waals surface area (Å²) in [5.74, 6) is -0.139. The zero-order valence-electron chi connectivity index (χ0n) is 11.5. The molecule has 0 fully saturated rings. The van der Waals surface area contributed by atoms with E-state index in [-0.39, 0.29) is 17.4 Å². The molecule has 1 atom stereocenters. The number of hydrogen-bond acceptors (Lipinski definition) is 3. The van der Waals surface area contributed by atoms with Crippen LogP contribution in [0.3, 0.4) is 0 Å². The Morgan fingerprint density at radius 1 is 1.25 bits per heavy atom. The molecule has 1 aromatic rings. The molecular formula is C16H18O3S. The van der Waals surface area contributed by atoms with Crippen molar-refractivity contribution in [2.24, 2.45) is 5.92 Å². The van der Waals surface area contributed by atoms with Crippen LogP contribution in [-0.2, 0) is 14.3 Å². The third kappa shape index (κ3) is 3.26. The number of benzene rings is 1. The van der Waals surface area contributed by atoms with Crippen LogP contribution in [0.5, 0.6) is 0 Å². The molecule has 0 aliphatic heterocycles. The van der Waals surface area contributed by atoms with Crippen LogP contribution in [0.1, 0.15) is 12.0 Å². The van der Waals surface area contributed by atoms with Gasteiger partial charge in [-0.3, -0.25) is 4.18 Å². The van der Waals surface area contributed by atoms with E-state index in [1.54, 1.807) is 24.3 Å². The van der Waals surface area contributed by atoms with Crippen molar-refractivity contribution < 1.29 is 12.6 Å². The van der Waals surface area contributed by atoms with E-state index in [1.165, 1.54) is 0 Å². The Hall–Kier alpha value is -1.65. The third-order valence-corrected chi connectivity index (χ3v) is 4.65. The fourth-order valence-electron chi connectivity index (χ4n) is 2.04. The summed E-state index contributed by atoms with van der Waals surface area (Å²) in [6.45, 7) is 9.81. The van der Waals surface area contributed by atoms with Gasteiger partial charge in [0.1, 0.15) is 0 Å². The van der Waals surface area contributed by atoms with Gasteiger partial charge in [0.25, 0.3) is 10.1 Å². The maximum atomic E-state index is 12.1. The average molecular weight is 290 g/mol. The summed E-state index contributed by atoms with van der Waals surface area (Å²) in [6, 6.07) is 6.60. The van der Waals surface area contributed by atoms with Crippen LogP contribution in [0.4, 0.5) is 0 Å². The van der Waals surface area contributed by atoms with Gasteiger partial charge in [-0.05, 0) is 31.1 Å². The summed E-state index contributed by atoms with van der Waals surface area (Å²) < 4.78 is 29.4. The molecule has 0 bridgehead atoms. The largest absolute Gasteiger partial charge is 0.297 e. The molecule has 0 radical (unpaired) electrons. The lowest BCUT2D eigenvalue weighted by molar-refractivity contribution is 0.289. The van der Waals surface area contributed by atoms with Crippen LogP contribution in [0, 0.1) is 12.8 Å². The fourth-order valence-corrected chi connectivity index (χ4v) is 2.96. The first-order chi connectivity index (χ1) is 9.40. The minimum absolute atomic E-state index is 0.0538. The lowest BCUT2D eigenvalue weighted by Gasteiger charge is -2.22. The molecule has 0 spiro atoms. The van der Waals surface area contributed by atoms with E-state index < -0.39 is 10.1 Å². The third-order valence-electron chi connectivity index (χ3n) is 3.35. The summed E-state index contributed by atoms with van der Waals surface area (Å²) in [5.41, 5.74) is 2.76. The van der Waals surface area contributed by atoms with E-state index in [4.69, 9.17) is 4.18 Å². The highest BCUT2D eigenvalue weighted by molar-refractivity contribution is 7.86. The van der Waals surface area contributed by atoms with Crippen molar-refractivity contribution in [3.05, 3.63) is 66.3 Å². The molecule has 0 saturated carbocycles. The Morgan fingerprint density at radius 2 is 1.90 bits per heavy atom. The van der Waals surface area contributed by atoms with Gasteiger partial charge in [-0.1, -0.05) is 48.6 Å². The van der Waals surface area contributed by atoms with Gasteiger partial charge in [0, 0.05) is 5.92 Å². The van der Waals surface area contributed by atoms with E-state index in [1.807, 2.05) is 19.1 Å². The van der Waals surface area contributed by atoms with Gasteiger partial charge < -0.3 is 0 Å². The number of allylic oxidation sites excluding steroid dienone is 2. The molecule has 2 rings (SSSR count). The first kappa shape index (κ1) is 14.8. The van der Waals surface area contributed by atoms with Crippen molar-refractivity contribution in [1.82, 2.24) is 0 Å². The van der Waals surface area contributed by atoms with Crippen LogP contribution < -0.4 is 0 Å². The second-order valence-electron chi connectivity index (χ2n) is 4.94. The highest BCUT2D eigenvalue weighted by atomic mass is 32.2. The summed E-state index contributed by atoms with van der Waals surface area (Å²) in [5, 5.41) is 0. The van der Waals surface area contributed by atoms with Crippen LogP contribution in [0.2, 0.25) is 0 Å². The Kier molecular flexibility index (Phi) is 4.26. The van der Waals surface area contributed by atoms with E-state index >= 15 is 0 Å². The van der Waals surface area contributed by atoms with Crippen molar-refractivity contribution >= 4 is 10.1 Å². The molecule has 106 valence electrons. The van der Waals surface area contributed by atoms with Crippen LogP contribution >= 0.6 is 0 Å². The zero-order chi connectivity index (χ0) is 14.8. The first-order valence-electron chi connectivity index (χ1n) is 6.39. The summed E-state index contributed by atoms with van der Waals surface area (Å²) >= 11 is 0. The molecule has 1 aliphatic rings. The van der Waals surface area contributed by atoms with E-state index in [2.05, 4.69) is 13.2 Å². The Labute approximate surface area is 120 Å². The summed E-state index contributed by atoms with van der Waals surface area (Å²) in [4.78, 5) is 0.172. The highest BCUT2D eigenvalue weighted by Gasteiger charge is 2.22. The second-order valence-corrected chi connectivity index (χ2v) is 6.56. The fraction of sp³-hybridized carbons (Fsp3) is 0.250. The molecular weight excluding hydrogens is 272 g/mol. The number of rotatable bonds is 4. The molecule has 0 aromatic heterocycles. The van der Waals surface area contributed by atoms with Gasteiger partial charge >= 0.3 is 0 Å². The molecule has 20 heavy (non-hydrogen) atoms. The van der Waals surface area contributed by atoms with E-state index in [9.17, 15) is 8.42 Å². The van der Waals surface area contributed by atoms with Gasteiger partial charge in [0.05, 0.1) is 11.5 Å². The van der Waals surface area contributed by atoms with Crippen LogP contribution in [-0.4, -0.2) is 15.0 Å². The molecule has 0 amide bonds. The first-order valence-corrected chi connectivity index (χ1v) is 7.80. The average Bonchev–Trinajstić information content (AvgIpc) is 2.38. The normalized spacial score (nSPS) is 19.4. The van der Waals surface area contributed by atoms with Gasteiger partial charge in [-0.15, -0.1) is 0 Å². The second kappa shape index (κ2) is 5.77. The summed E-state index contributed by atoms with van der Waals surface area (Å²) in [7, 11) is -3.73. The number of aryl methyl sites for hydroxylation is 1. The molecule has 3 nitrogen and oxygen atoms in total. The Morgan fingerprint density at radius 3 is 2.50 bits per heavy atom. The van der Waals surface area contributed by atoms with Gasteiger partial charge in [0.15, 0.2) is 0 Å². The van der Waals surface area contributed by atoms with Crippen LogP contribution in [0.25, 0.3) is 0 Å². The smallest absolute Gasteiger partial charge is 0.265 e. The molecule has 1 aliphatic carbocycles. The van der Waals surface area contributed by atoms with Gasteiger partial charge in [-0.25, -0.2) is 0 Å². The SMILES string of the molecule is C=C1C=CCC(=C)C1COS(=O)(=O)c1ccc(C)cc1. The summed E-state index contributed by atoms with van der Waals surface area (Å²) in [6.07, 6.45) is 4.59. The monoisotopic (exact) mass is 290 g/mol. The lowest BCUT2D eigenvalue weighted by atomic mass is 9.87.